The van der Waals surface area contributed by atoms with Gasteiger partial charge in [0.25, 0.3) is 0 Å². The van der Waals surface area contributed by atoms with E-state index in [1.54, 1.807) is 51.1 Å². The third-order valence-electron chi connectivity index (χ3n) is 2.83. The fourth-order valence-corrected chi connectivity index (χ4v) is 1.88. The minimum atomic E-state index is -0.599. The van der Waals surface area contributed by atoms with Crippen LogP contribution in [0.1, 0.15) is 31.3 Å². The summed E-state index contributed by atoms with van der Waals surface area (Å²) in [6.07, 6.45) is 0.942. The largest absolute Gasteiger partial charge is 0.464 e. The molecule has 0 saturated carbocycles. The van der Waals surface area contributed by atoms with Crippen molar-refractivity contribution in [3.8, 4) is 11.3 Å². The number of carbonyl (C=O) groups is 2. The van der Waals surface area contributed by atoms with Gasteiger partial charge < -0.3 is 9.47 Å². The molecule has 0 fully saturated rings. The highest BCUT2D eigenvalue weighted by molar-refractivity contribution is 5.88. The van der Waals surface area contributed by atoms with Crippen LogP contribution in [0, 0.1) is 0 Å². The third kappa shape index (κ3) is 4.77. The van der Waals surface area contributed by atoms with Crippen LogP contribution in [0.25, 0.3) is 11.3 Å². The molecule has 2 rings (SSSR count). The Hall–Kier alpha value is -2.96. The van der Waals surface area contributed by atoms with Gasteiger partial charge in [-0.15, -0.1) is 0 Å². The summed E-state index contributed by atoms with van der Waals surface area (Å²) in [6, 6.07) is 8.39. The SMILES string of the molecule is COC(=O)c1cccc(-c2ccnc(NC(=O)OC(C)(C)C)c2)n1. The van der Waals surface area contributed by atoms with Crippen molar-refractivity contribution in [2.75, 3.05) is 12.4 Å². The minimum Gasteiger partial charge on any atom is -0.464 e. The average molecular weight is 329 g/mol. The van der Waals surface area contributed by atoms with Crippen LogP contribution in [0.4, 0.5) is 10.6 Å². The average Bonchev–Trinajstić information content (AvgIpc) is 2.52. The van der Waals surface area contributed by atoms with Gasteiger partial charge in [-0.3, -0.25) is 5.32 Å². The van der Waals surface area contributed by atoms with Gasteiger partial charge in [-0.1, -0.05) is 6.07 Å². The zero-order chi connectivity index (χ0) is 17.7. The van der Waals surface area contributed by atoms with Crippen molar-refractivity contribution in [2.24, 2.45) is 0 Å². The first-order valence-corrected chi connectivity index (χ1v) is 7.30. The van der Waals surface area contributed by atoms with Crippen molar-refractivity contribution in [3.63, 3.8) is 0 Å². The molecule has 0 aliphatic rings. The van der Waals surface area contributed by atoms with Gasteiger partial charge in [0.1, 0.15) is 17.1 Å². The summed E-state index contributed by atoms with van der Waals surface area (Å²) < 4.78 is 9.85. The Labute approximate surface area is 140 Å². The Balaban J connectivity index is 2.22. The van der Waals surface area contributed by atoms with Gasteiger partial charge in [0, 0.05) is 11.8 Å². The van der Waals surface area contributed by atoms with Crippen molar-refractivity contribution in [1.29, 1.82) is 0 Å². The molecule has 0 bridgehead atoms. The molecular formula is C17H19N3O4. The van der Waals surface area contributed by atoms with Gasteiger partial charge in [-0.05, 0) is 45.0 Å². The highest BCUT2D eigenvalue weighted by Gasteiger charge is 2.17. The fourth-order valence-electron chi connectivity index (χ4n) is 1.88. The summed E-state index contributed by atoms with van der Waals surface area (Å²) in [7, 11) is 1.30. The number of hydrogen-bond donors (Lipinski definition) is 1. The molecule has 1 amide bonds. The summed E-state index contributed by atoms with van der Waals surface area (Å²) in [5, 5.41) is 2.57. The molecule has 0 aromatic carbocycles. The molecule has 0 saturated heterocycles. The Morgan fingerprint density at radius 1 is 1.17 bits per heavy atom. The fraction of sp³-hybridized carbons (Fsp3) is 0.294. The van der Waals surface area contributed by atoms with Crippen LogP contribution in [0.2, 0.25) is 0 Å². The standard InChI is InChI=1S/C17H19N3O4/c1-17(2,3)24-16(22)20-14-10-11(8-9-18-14)12-6-5-7-13(19-12)15(21)23-4/h5-10H,1-4H3,(H,18,20,22). The highest BCUT2D eigenvalue weighted by atomic mass is 16.6. The van der Waals surface area contributed by atoms with Gasteiger partial charge >= 0.3 is 12.1 Å². The van der Waals surface area contributed by atoms with E-state index < -0.39 is 17.7 Å². The number of aromatic nitrogens is 2. The molecule has 2 aromatic heterocycles. The lowest BCUT2D eigenvalue weighted by Crippen LogP contribution is -2.27. The van der Waals surface area contributed by atoms with E-state index >= 15 is 0 Å². The van der Waals surface area contributed by atoms with Crippen LogP contribution in [0.15, 0.2) is 36.5 Å². The second-order valence-corrected chi connectivity index (χ2v) is 5.96. The number of nitrogens with zero attached hydrogens (tertiary/aromatic N) is 2. The van der Waals surface area contributed by atoms with Gasteiger partial charge in [0.05, 0.1) is 12.8 Å². The molecule has 1 N–H and O–H groups in total. The Morgan fingerprint density at radius 2 is 1.92 bits per heavy atom. The predicted molar refractivity (Wildman–Crippen MR) is 88.7 cm³/mol. The molecule has 24 heavy (non-hydrogen) atoms. The van der Waals surface area contributed by atoms with Crippen molar-refractivity contribution in [2.45, 2.75) is 26.4 Å². The predicted octanol–water partition coefficient (Wildman–Crippen LogP) is 3.28. The van der Waals surface area contributed by atoms with E-state index in [4.69, 9.17) is 4.74 Å². The summed E-state index contributed by atoms with van der Waals surface area (Å²) in [5.41, 5.74) is 0.862. The first kappa shape index (κ1) is 17.4. The number of carbonyl (C=O) groups excluding carboxylic acids is 2. The Kier molecular flexibility index (Phi) is 5.13. The number of nitrogens with one attached hydrogen (secondary N) is 1. The van der Waals surface area contributed by atoms with Gasteiger partial charge in [-0.25, -0.2) is 19.6 Å². The second-order valence-electron chi connectivity index (χ2n) is 5.96. The highest BCUT2D eigenvalue weighted by Crippen LogP contribution is 2.20. The van der Waals surface area contributed by atoms with Crippen LogP contribution < -0.4 is 5.32 Å². The molecule has 0 atom stereocenters. The Morgan fingerprint density at radius 3 is 2.58 bits per heavy atom. The molecule has 7 nitrogen and oxygen atoms in total. The van der Waals surface area contributed by atoms with E-state index in [9.17, 15) is 9.59 Å². The van der Waals surface area contributed by atoms with Crippen LogP contribution in [0.5, 0.6) is 0 Å². The number of rotatable bonds is 3. The molecular weight excluding hydrogens is 310 g/mol. The number of methoxy groups -OCH3 is 1. The molecule has 7 heteroatoms. The van der Waals surface area contributed by atoms with Gasteiger partial charge in [-0.2, -0.15) is 0 Å². The first-order chi connectivity index (χ1) is 11.3. The van der Waals surface area contributed by atoms with E-state index in [2.05, 4.69) is 20.0 Å². The van der Waals surface area contributed by atoms with E-state index in [0.717, 1.165) is 0 Å². The second kappa shape index (κ2) is 7.08. The van der Waals surface area contributed by atoms with Gasteiger partial charge in [0.2, 0.25) is 0 Å². The summed E-state index contributed by atoms with van der Waals surface area (Å²) in [5.74, 6) is -0.190. The van der Waals surface area contributed by atoms with Crippen molar-refractivity contribution >= 4 is 17.9 Å². The van der Waals surface area contributed by atoms with Crippen LogP contribution in [-0.4, -0.2) is 34.7 Å². The maximum absolute atomic E-state index is 11.8. The van der Waals surface area contributed by atoms with E-state index in [0.29, 0.717) is 17.1 Å². The maximum Gasteiger partial charge on any atom is 0.413 e. The molecule has 0 radical (unpaired) electrons. The molecule has 0 unspecified atom stereocenters. The number of amides is 1. The summed E-state index contributed by atoms with van der Waals surface area (Å²) >= 11 is 0. The van der Waals surface area contributed by atoms with Crippen molar-refractivity contribution in [1.82, 2.24) is 9.97 Å². The number of pyridine rings is 2. The molecule has 2 heterocycles. The zero-order valence-corrected chi connectivity index (χ0v) is 14.0. The summed E-state index contributed by atoms with van der Waals surface area (Å²) in [6.45, 7) is 5.33. The Bertz CT molecular complexity index is 753. The van der Waals surface area contributed by atoms with Crippen molar-refractivity contribution in [3.05, 3.63) is 42.2 Å². The quantitative estimate of drug-likeness (QED) is 0.869. The number of anilines is 1. The lowest BCUT2D eigenvalue weighted by Gasteiger charge is -2.19. The molecule has 0 aliphatic carbocycles. The van der Waals surface area contributed by atoms with Gasteiger partial charge in [0.15, 0.2) is 0 Å². The molecule has 2 aromatic rings. The number of hydrogen-bond acceptors (Lipinski definition) is 6. The van der Waals surface area contributed by atoms with Crippen LogP contribution in [0.3, 0.4) is 0 Å². The number of ether oxygens (including phenoxy) is 2. The smallest absolute Gasteiger partial charge is 0.413 e. The topological polar surface area (TPSA) is 90.4 Å². The van der Waals surface area contributed by atoms with Crippen LogP contribution in [-0.2, 0) is 9.47 Å². The maximum atomic E-state index is 11.8. The lowest BCUT2D eigenvalue weighted by molar-refractivity contribution is 0.0592. The zero-order valence-electron chi connectivity index (χ0n) is 14.0. The summed E-state index contributed by atoms with van der Waals surface area (Å²) in [4.78, 5) is 31.7. The lowest BCUT2D eigenvalue weighted by atomic mass is 10.1. The van der Waals surface area contributed by atoms with Crippen LogP contribution >= 0.6 is 0 Å². The normalized spacial score (nSPS) is 10.8. The molecule has 126 valence electrons. The molecule has 0 spiro atoms. The van der Waals surface area contributed by atoms with E-state index in [-0.39, 0.29) is 5.69 Å². The molecule has 0 aliphatic heterocycles. The third-order valence-corrected chi connectivity index (χ3v) is 2.83. The number of esters is 1. The van der Waals surface area contributed by atoms with Crippen molar-refractivity contribution < 1.29 is 19.1 Å². The van der Waals surface area contributed by atoms with E-state index in [1.165, 1.54) is 13.3 Å². The first-order valence-electron chi connectivity index (χ1n) is 7.30. The monoisotopic (exact) mass is 329 g/mol. The minimum absolute atomic E-state index is 0.202. The van der Waals surface area contributed by atoms with E-state index in [1.807, 2.05) is 0 Å².